The summed E-state index contributed by atoms with van der Waals surface area (Å²) in [4.78, 5) is 0. The predicted octanol–water partition coefficient (Wildman–Crippen LogP) is 4.21. The van der Waals surface area contributed by atoms with Gasteiger partial charge in [0.15, 0.2) is 17.4 Å². The molecule has 0 aliphatic rings. The summed E-state index contributed by atoms with van der Waals surface area (Å²) in [7, 11) is -6.53. The molecule has 9 heteroatoms. The van der Waals surface area contributed by atoms with E-state index in [1.54, 1.807) is 0 Å². The molecule has 0 saturated heterocycles. The number of hydrogen-bond acceptors (Lipinski definition) is 4. The fourth-order valence-corrected chi connectivity index (χ4v) is 18.9. The summed E-state index contributed by atoms with van der Waals surface area (Å²) in [6.45, 7) is 17.5. The molecule has 0 saturated carbocycles. The fourth-order valence-electron chi connectivity index (χ4n) is 2.23. The van der Waals surface area contributed by atoms with Gasteiger partial charge in [-0.3, -0.25) is 0 Å². The first kappa shape index (κ1) is 24.5. The van der Waals surface area contributed by atoms with Gasteiger partial charge in [-0.05, 0) is 70.6 Å². The first-order chi connectivity index (χ1) is 8.39. The van der Waals surface area contributed by atoms with Crippen molar-refractivity contribution in [1.82, 2.24) is 0 Å². The minimum absolute atomic E-state index is 0. The van der Waals surface area contributed by atoms with Crippen LogP contribution in [0.5, 0.6) is 0 Å². The van der Waals surface area contributed by atoms with Gasteiger partial charge in [0.05, 0.1) is 0 Å². The van der Waals surface area contributed by atoms with Gasteiger partial charge in [-0.25, -0.2) is 0 Å². The second-order valence-electron chi connectivity index (χ2n) is 6.69. The van der Waals surface area contributed by atoms with Gasteiger partial charge in [0, 0.05) is 32.7 Å². The second-order valence-corrected chi connectivity index (χ2v) is 21.2. The largest absolute Gasteiger partial charge is 0.437 e. The quantitative estimate of drug-likeness (QED) is 0.426. The summed E-state index contributed by atoms with van der Waals surface area (Å²) in [6, 6.07) is 1.01. The minimum atomic E-state index is -2.11. The van der Waals surface area contributed by atoms with Crippen LogP contribution in [0.25, 0.3) is 0 Å². The Bertz CT molecular complexity index is 277. The van der Waals surface area contributed by atoms with Crippen molar-refractivity contribution >= 4 is 47.1 Å². The molecule has 3 nitrogen and oxygen atoms in total. The van der Waals surface area contributed by atoms with Crippen molar-refractivity contribution < 1.29 is 45.1 Å². The Morgan fingerprint density at radius 3 is 1.80 bits per heavy atom. The van der Waals surface area contributed by atoms with Crippen molar-refractivity contribution in [2.75, 3.05) is 5.75 Å². The Hall–Kier alpha value is 2.20. The Balaban J connectivity index is 0. The van der Waals surface area contributed by atoms with Crippen LogP contribution in [0.2, 0.25) is 58.4 Å². The van der Waals surface area contributed by atoms with E-state index in [4.69, 9.17) is 12.3 Å². The van der Waals surface area contributed by atoms with Crippen LogP contribution < -0.4 is 0 Å². The van der Waals surface area contributed by atoms with Crippen molar-refractivity contribution in [2.45, 2.75) is 64.8 Å². The van der Waals surface area contributed by atoms with Crippen LogP contribution in [-0.2, 0) is 45.1 Å². The van der Waals surface area contributed by atoms with Gasteiger partial charge >= 0.3 is 17.1 Å². The molecule has 0 aliphatic heterocycles. The first-order valence-corrected chi connectivity index (χ1v) is 18.7. The molecule has 0 aromatic rings. The maximum Gasteiger partial charge on any atom is 0.315 e. The fraction of sp³-hybridized carbons (Fsp3) is 1.00. The molecule has 1 atom stereocenters. The van der Waals surface area contributed by atoms with Crippen LogP contribution in [-0.4, -0.2) is 40.2 Å². The summed E-state index contributed by atoms with van der Waals surface area (Å²) in [6.07, 6.45) is 1.05. The van der Waals surface area contributed by atoms with Crippen molar-refractivity contribution in [3.05, 3.63) is 0 Å². The van der Waals surface area contributed by atoms with E-state index in [9.17, 15) is 0 Å². The third-order valence-electron chi connectivity index (χ3n) is 2.22. The summed E-state index contributed by atoms with van der Waals surface area (Å²) < 4.78 is 19.0. The second kappa shape index (κ2) is 10.1. The molecular weight excluding hydrogens is 413 g/mol. The van der Waals surface area contributed by atoms with Crippen LogP contribution in [0.4, 0.5) is 0 Å². The van der Waals surface area contributed by atoms with Gasteiger partial charge in [0.2, 0.25) is 0 Å². The zero-order valence-corrected chi connectivity index (χ0v) is 22.1. The summed E-state index contributed by atoms with van der Waals surface area (Å²) >= 11 is 4.31. The summed E-state index contributed by atoms with van der Waals surface area (Å²) in [5.41, 5.74) is 0. The van der Waals surface area contributed by atoms with Gasteiger partial charge in [0.25, 0.3) is 0 Å². The molecule has 0 amide bonds. The summed E-state index contributed by atoms with van der Waals surface area (Å²) in [5, 5.41) is 0. The smallest absolute Gasteiger partial charge is 0.315 e. The molecule has 0 bridgehead atoms. The standard InChI is InChI=1S/C11H31O3SSi4.Y/c1-16(2)12-19(8,11-9-10-15)14-18(6,7)13-17(3,4)5;/h15H,9-11H2,1-8H3;. The topological polar surface area (TPSA) is 27.7 Å². The predicted molar refractivity (Wildman–Crippen MR) is 96.5 cm³/mol. The average molecular weight is 445 g/mol. The monoisotopic (exact) mass is 444 g/mol. The number of hydrogen-bond donors (Lipinski definition) is 1. The van der Waals surface area contributed by atoms with Gasteiger partial charge in [0.1, 0.15) is 0 Å². The van der Waals surface area contributed by atoms with E-state index in [1.807, 2.05) is 0 Å². The molecule has 0 heterocycles. The molecule has 2 radical (unpaired) electrons. The van der Waals surface area contributed by atoms with Gasteiger partial charge in [-0.2, -0.15) is 12.6 Å². The van der Waals surface area contributed by atoms with Gasteiger partial charge in [-0.1, -0.05) is 0 Å². The first-order valence-electron chi connectivity index (χ1n) is 6.89. The van der Waals surface area contributed by atoms with Crippen LogP contribution in [0, 0.1) is 0 Å². The summed E-state index contributed by atoms with van der Waals surface area (Å²) in [5.74, 6) is 0.891. The third kappa shape index (κ3) is 12.7. The Morgan fingerprint density at radius 2 is 1.45 bits per heavy atom. The molecule has 0 N–H and O–H groups in total. The molecule has 0 aromatic heterocycles. The molecule has 0 spiro atoms. The molecule has 1 unspecified atom stereocenters. The van der Waals surface area contributed by atoms with E-state index in [0.29, 0.717) is 0 Å². The average Bonchev–Trinajstić information content (AvgIpc) is 2.07. The molecule has 0 aromatic carbocycles. The molecule has 118 valence electrons. The number of rotatable bonds is 9. The SMILES string of the molecule is C[Si](C)O[Si](C)(CCCS)O[Si](C)(C)O[Si](C)(C)C.[Y]. The zero-order valence-electron chi connectivity index (χ0n) is 14.4. The Kier molecular flexibility index (Phi) is 12.4. The van der Waals surface area contributed by atoms with Crippen molar-refractivity contribution in [2.24, 2.45) is 0 Å². The maximum absolute atomic E-state index is 6.47. The van der Waals surface area contributed by atoms with E-state index < -0.39 is 34.5 Å². The van der Waals surface area contributed by atoms with E-state index in [0.717, 1.165) is 18.2 Å². The Morgan fingerprint density at radius 1 is 0.950 bits per heavy atom. The molecule has 0 rings (SSSR count). The van der Waals surface area contributed by atoms with Crippen LogP contribution >= 0.6 is 12.6 Å². The number of thiol groups is 1. The van der Waals surface area contributed by atoms with Gasteiger partial charge in [-0.15, -0.1) is 0 Å². The van der Waals surface area contributed by atoms with Crippen molar-refractivity contribution in [3.8, 4) is 0 Å². The Labute approximate surface area is 161 Å². The van der Waals surface area contributed by atoms with E-state index >= 15 is 0 Å². The normalized spacial score (nSPS) is 15.9. The van der Waals surface area contributed by atoms with E-state index in [2.05, 4.69) is 65.0 Å². The molecule has 0 aliphatic carbocycles. The van der Waals surface area contributed by atoms with Crippen LogP contribution in [0.1, 0.15) is 6.42 Å². The zero-order chi connectivity index (χ0) is 15.3. The minimum Gasteiger partial charge on any atom is -0.437 e. The molecule has 20 heavy (non-hydrogen) atoms. The van der Waals surface area contributed by atoms with E-state index in [-0.39, 0.29) is 32.7 Å². The van der Waals surface area contributed by atoms with Crippen molar-refractivity contribution in [3.63, 3.8) is 0 Å². The van der Waals surface area contributed by atoms with Crippen LogP contribution in [0.3, 0.4) is 0 Å². The molecular formula is C11H31O3SSi4Y. The third-order valence-corrected chi connectivity index (χ3v) is 15.3. The van der Waals surface area contributed by atoms with Crippen LogP contribution in [0.15, 0.2) is 0 Å². The molecule has 0 fully saturated rings. The van der Waals surface area contributed by atoms with Crippen molar-refractivity contribution in [1.29, 1.82) is 0 Å². The van der Waals surface area contributed by atoms with Gasteiger partial charge < -0.3 is 12.3 Å². The van der Waals surface area contributed by atoms with E-state index in [1.165, 1.54) is 0 Å². The maximum atomic E-state index is 6.47.